The molecular formula is C13H22N2O3. The van der Waals surface area contributed by atoms with Gasteiger partial charge >= 0.3 is 0 Å². The Bertz CT molecular complexity index is 435. The van der Waals surface area contributed by atoms with Gasteiger partial charge in [0, 0.05) is 19.8 Å². The summed E-state index contributed by atoms with van der Waals surface area (Å²) in [5.74, 6) is 0.559. The minimum atomic E-state index is -0.244. The maximum absolute atomic E-state index is 11.6. The summed E-state index contributed by atoms with van der Waals surface area (Å²) in [5.41, 5.74) is 0.295. The van der Waals surface area contributed by atoms with Gasteiger partial charge in [0.25, 0.3) is 5.56 Å². The van der Waals surface area contributed by atoms with E-state index in [9.17, 15) is 4.79 Å². The standard InChI is InChI=1S/C13H22N2O3/c1-6-18-11(13(2,3)4)12-14-9(8-17-5)7-10(16)15-12/h7,11H,6,8H2,1-5H3,(H,14,15,16). The monoisotopic (exact) mass is 254 g/mol. The van der Waals surface area contributed by atoms with Crippen molar-refractivity contribution < 1.29 is 9.47 Å². The van der Waals surface area contributed by atoms with Crippen molar-refractivity contribution in [2.45, 2.75) is 40.4 Å². The second-order valence-corrected chi connectivity index (χ2v) is 5.26. The van der Waals surface area contributed by atoms with Crippen LogP contribution in [-0.2, 0) is 16.1 Å². The Morgan fingerprint density at radius 3 is 2.61 bits per heavy atom. The van der Waals surface area contributed by atoms with Crippen LogP contribution in [-0.4, -0.2) is 23.7 Å². The largest absolute Gasteiger partial charge is 0.378 e. The number of H-pyrrole nitrogens is 1. The van der Waals surface area contributed by atoms with Gasteiger partial charge in [0.2, 0.25) is 0 Å². The van der Waals surface area contributed by atoms with Crippen LogP contribution in [0.15, 0.2) is 10.9 Å². The zero-order chi connectivity index (χ0) is 13.8. The lowest BCUT2D eigenvalue weighted by molar-refractivity contribution is -0.0195. The van der Waals surface area contributed by atoms with Crippen LogP contribution in [0.1, 0.15) is 45.3 Å². The predicted octanol–water partition coefficient (Wildman–Crippen LogP) is 2.04. The molecule has 1 aromatic rings. The lowest BCUT2D eigenvalue weighted by Gasteiger charge is -2.29. The molecule has 1 aromatic heterocycles. The quantitative estimate of drug-likeness (QED) is 0.873. The molecule has 0 amide bonds. The van der Waals surface area contributed by atoms with Crippen molar-refractivity contribution in [1.29, 1.82) is 0 Å². The predicted molar refractivity (Wildman–Crippen MR) is 69.4 cm³/mol. The van der Waals surface area contributed by atoms with Crippen molar-refractivity contribution in [2.75, 3.05) is 13.7 Å². The molecule has 18 heavy (non-hydrogen) atoms. The van der Waals surface area contributed by atoms with Gasteiger partial charge in [0.1, 0.15) is 11.9 Å². The zero-order valence-corrected chi connectivity index (χ0v) is 11.7. The van der Waals surface area contributed by atoms with Crippen molar-refractivity contribution in [3.8, 4) is 0 Å². The molecule has 1 rings (SSSR count). The molecule has 5 nitrogen and oxygen atoms in total. The second-order valence-electron chi connectivity index (χ2n) is 5.26. The number of nitrogens with one attached hydrogen (secondary N) is 1. The lowest BCUT2D eigenvalue weighted by atomic mass is 9.88. The average Bonchev–Trinajstić information content (AvgIpc) is 2.23. The summed E-state index contributed by atoms with van der Waals surface area (Å²) in [6.07, 6.45) is -0.244. The summed E-state index contributed by atoms with van der Waals surface area (Å²) >= 11 is 0. The Balaban J connectivity index is 3.15. The summed E-state index contributed by atoms with van der Waals surface area (Å²) in [5, 5.41) is 0. The van der Waals surface area contributed by atoms with Crippen LogP contribution in [0.5, 0.6) is 0 Å². The molecule has 1 unspecified atom stereocenters. The molecule has 0 aliphatic heterocycles. The molecule has 0 saturated heterocycles. The van der Waals surface area contributed by atoms with E-state index in [1.165, 1.54) is 6.07 Å². The number of ether oxygens (including phenoxy) is 2. The molecule has 0 radical (unpaired) electrons. The SMILES string of the molecule is CCOC(c1nc(COC)cc(=O)[nH]1)C(C)(C)C. The van der Waals surface area contributed by atoms with Gasteiger partial charge in [-0.25, -0.2) is 4.98 Å². The van der Waals surface area contributed by atoms with Crippen molar-refractivity contribution in [2.24, 2.45) is 5.41 Å². The average molecular weight is 254 g/mol. The summed E-state index contributed by atoms with van der Waals surface area (Å²) in [7, 11) is 1.58. The van der Waals surface area contributed by atoms with Gasteiger partial charge in [-0.1, -0.05) is 20.8 Å². The molecule has 0 aliphatic rings. The van der Waals surface area contributed by atoms with E-state index in [0.717, 1.165) is 0 Å². The fourth-order valence-electron chi connectivity index (χ4n) is 1.78. The summed E-state index contributed by atoms with van der Waals surface area (Å²) in [6.45, 7) is 8.97. The number of nitrogens with zero attached hydrogens (tertiary/aromatic N) is 1. The van der Waals surface area contributed by atoms with Crippen LogP contribution in [0.4, 0.5) is 0 Å². The van der Waals surface area contributed by atoms with E-state index in [0.29, 0.717) is 24.7 Å². The number of aromatic nitrogens is 2. The van der Waals surface area contributed by atoms with E-state index in [1.54, 1.807) is 7.11 Å². The van der Waals surface area contributed by atoms with Gasteiger partial charge in [0.05, 0.1) is 12.3 Å². The fraction of sp³-hybridized carbons (Fsp3) is 0.692. The number of methoxy groups -OCH3 is 1. The first-order valence-corrected chi connectivity index (χ1v) is 6.09. The maximum Gasteiger partial charge on any atom is 0.251 e. The number of hydrogen-bond donors (Lipinski definition) is 1. The van der Waals surface area contributed by atoms with Gasteiger partial charge in [-0.3, -0.25) is 4.79 Å². The lowest BCUT2D eigenvalue weighted by Crippen LogP contribution is -2.26. The Morgan fingerprint density at radius 2 is 2.11 bits per heavy atom. The van der Waals surface area contributed by atoms with Crippen LogP contribution in [0, 0.1) is 5.41 Å². The van der Waals surface area contributed by atoms with Crippen molar-refractivity contribution >= 4 is 0 Å². The van der Waals surface area contributed by atoms with Gasteiger partial charge < -0.3 is 14.5 Å². The minimum Gasteiger partial charge on any atom is -0.378 e. The summed E-state index contributed by atoms with van der Waals surface area (Å²) in [4.78, 5) is 18.8. The summed E-state index contributed by atoms with van der Waals surface area (Å²) in [6, 6.07) is 1.44. The Labute approximate surface area is 108 Å². The normalized spacial score (nSPS) is 13.6. The Hall–Kier alpha value is -1.20. The summed E-state index contributed by atoms with van der Waals surface area (Å²) < 4.78 is 10.7. The highest BCUT2D eigenvalue weighted by atomic mass is 16.5. The molecule has 1 atom stereocenters. The number of aromatic amines is 1. The Kier molecular flexibility index (Phi) is 5.04. The molecule has 1 N–H and O–H groups in total. The molecule has 0 fully saturated rings. The molecule has 5 heteroatoms. The van der Waals surface area contributed by atoms with Crippen LogP contribution in [0.3, 0.4) is 0 Å². The van der Waals surface area contributed by atoms with E-state index >= 15 is 0 Å². The Morgan fingerprint density at radius 1 is 1.44 bits per heavy atom. The van der Waals surface area contributed by atoms with E-state index in [1.807, 2.05) is 6.92 Å². The first kappa shape index (κ1) is 14.9. The van der Waals surface area contributed by atoms with Gasteiger partial charge in [-0.15, -0.1) is 0 Å². The van der Waals surface area contributed by atoms with Crippen LogP contribution < -0.4 is 5.56 Å². The van der Waals surface area contributed by atoms with Crippen LogP contribution in [0.25, 0.3) is 0 Å². The van der Waals surface area contributed by atoms with Crippen molar-refractivity contribution in [3.63, 3.8) is 0 Å². The highest BCUT2D eigenvalue weighted by Crippen LogP contribution is 2.33. The number of rotatable bonds is 5. The topological polar surface area (TPSA) is 64.2 Å². The molecule has 0 spiro atoms. The molecule has 0 saturated carbocycles. The van der Waals surface area contributed by atoms with Crippen molar-refractivity contribution in [3.05, 3.63) is 27.9 Å². The first-order chi connectivity index (χ1) is 8.38. The number of hydrogen-bond acceptors (Lipinski definition) is 4. The molecule has 102 valence electrons. The van der Waals surface area contributed by atoms with Gasteiger partial charge in [0.15, 0.2) is 0 Å². The maximum atomic E-state index is 11.6. The second kappa shape index (κ2) is 6.11. The molecule has 0 aromatic carbocycles. The first-order valence-electron chi connectivity index (χ1n) is 6.09. The third kappa shape index (κ3) is 3.92. The molecule has 0 aliphatic carbocycles. The zero-order valence-electron chi connectivity index (χ0n) is 11.7. The van der Waals surface area contributed by atoms with E-state index < -0.39 is 0 Å². The molecule has 0 bridgehead atoms. The highest BCUT2D eigenvalue weighted by molar-refractivity contribution is 5.05. The fourth-order valence-corrected chi connectivity index (χ4v) is 1.78. The van der Waals surface area contributed by atoms with E-state index in [-0.39, 0.29) is 17.1 Å². The van der Waals surface area contributed by atoms with Gasteiger partial charge in [-0.05, 0) is 12.3 Å². The van der Waals surface area contributed by atoms with Gasteiger partial charge in [-0.2, -0.15) is 0 Å². The molecular weight excluding hydrogens is 232 g/mol. The highest BCUT2D eigenvalue weighted by Gasteiger charge is 2.29. The third-order valence-corrected chi connectivity index (χ3v) is 2.47. The van der Waals surface area contributed by atoms with E-state index in [2.05, 4.69) is 30.7 Å². The van der Waals surface area contributed by atoms with Crippen LogP contribution in [0.2, 0.25) is 0 Å². The minimum absolute atomic E-state index is 0.141. The smallest absolute Gasteiger partial charge is 0.251 e. The van der Waals surface area contributed by atoms with E-state index in [4.69, 9.17) is 9.47 Å². The van der Waals surface area contributed by atoms with Crippen LogP contribution >= 0.6 is 0 Å². The van der Waals surface area contributed by atoms with Crippen molar-refractivity contribution in [1.82, 2.24) is 9.97 Å². The third-order valence-electron chi connectivity index (χ3n) is 2.47. The molecule has 1 heterocycles.